The lowest BCUT2D eigenvalue weighted by Crippen LogP contribution is -2.11. The summed E-state index contributed by atoms with van der Waals surface area (Å²) >= 11 is 10.0. The summed E-state index contributed by atoms with van der Waals surface area (Å²) in [6.07, 6.45) is 0. The van der Waals surface area contributed by atoms with Crippen molar-refractivity contribution in [3.05, 3.63) is 59.1 Å². The Morgan fingerprint density at radius 1 is 1.12 bits per heavy atom. The zero-order chi connectivity index (χ0) is 12.3. The molecule has 0 spiro atoms. The number of rotatable bonds is 2. The third-order valence-electron chi connectivity index (χ3n) is 2.19. The molecule has 86 valence electrons. The summed E-state index contributed by atoms with van der Waals surface area (Å²) in [7, 11) is 0. The summed E-state index contributed by atoms with van der Waals surface area (Å²) in [4.78, 5) is 12.6. The fraction of sp³-hybridized carbons (Fsp3) is 0. The maximum Gasteiger partial charge on any atom is 0.255 e. The number of amides is 1. The zero-order valence-electron chi connectivity index (χ0n) is 8.85. The molecule has 0 saturated carbocycles. The minimum atomic E-state index is -0.178. The third-order valence-corrected chi connectivity index (χ3v) is 2.70. The maximum absolute atomic E-state index is 11.9. The van der Waals surface area contributed by atoms with E-state index in [2.05, 4.69) is 17.9 Å². The highest BCUT2D eigenvalue weighted by molar-refractivity contribution is 7.80. The van der Waals surface area contributed by atoms with Crippen molar-refractivity contribution >= 4 is 35.8 Å². The van der Waals surface area contributed by atoms with Crippen LogP contribution in [0.5, 0.6) is 0 Å². The average Bonchev–Trinajstić information content (AvgIpc) is 2.29. The van der Waals surface area contributed by atoms with Gasteiger partial charge in [0.1, 0.15) is 0 Å². The molecule has 0 unspecified atom stereocenters. The number of nitrogens with one attached hydrogen (secondary N) is 1. The summed E-state index contributed by atoms with van der Waals surface area (Å²) in [6.45, 7) is 0. The van der Waals surface area contributed by atoms with Crippen LogP contribution in [0.15, 0.2) is 53.4 Å². The van der Waals surface area contributed by atoms with E-state index in [-0.39, 0.29) is 5.91 Å². The van der Waals surface area contributed by atoms with Gasteiger partial charge >= 0.3 is 0 Å². The van der Waals surface area contributed by atoms with Crippen molar-refractivity contribution in [2.75, 3.05) is 5.32 Å². The molecule has 0 bridgehead atoms. The standard InChI is InChI=1S/C13H10ClNOS/c14-10-4-2-5-11(8-10)15-13(16)9-3-1-6-12(17)7-9/h1-8,17H,(H,15,16). The van der Waals surface area contributed by atoms with E-state index < -0.39 is 0 Å². The fourth-order valence-corrected chi connectivity index (χ4v) is 1.83. The Kier molecular flexibility index (Phi) is 3.71. The molecule has 0 aromatic heterocycles. The summed E-state index contributed by atoms with van der Waals surface area (Å²) in [6, 6.07) is 14.1. The van der Waals surface area contributed by atoms with Crippen molar-refractivity contribution in [2.45, 2.75) is 4.90 Å². The largest absolute Gasteiger partial charge is 0.322 e. The molecule has 4 heteroatoms. The number of carbonyl (C=O) groups is 1. The van der Waals surface area contributed by atoms with Gasteiger partial charge in [-0.2, -0.15) is 0 Å². The number of carbonyl (C=O) groups excluding carboxylic acids is 1. The average molecular weight is 264 g/mol. The molecule has 0 atom stereocenters. The normalized spacial score (nSPS) is 10.0. The van der Waals surface area contributed by atoms with Crippen molar-refractivity contribution < 1.29 is 4.79 Å². The Morgan fingerprint density at radius 2 is 1.88 bits per heavy atom. The third kappa shape index (κ3) is 3.25. The van der Waals surface area contributed by atoms with E-state index in [9.17, 15) is 4.79 Å². The van der Waals surface area contributed by atoms with Crippen molar-refractivity contribution in [3.8, 4) is 0 Å². The van der Waals surface area contributed by atoms with Crippen LogP contribution in [0.2, 0.25) is 5.02 Å². The van der Waals surface area contributed by atoms with Crippen molar-refractivity contribution in [1.29, 1.82) is 0 Å². The maximum atomic E-state index is 11.9. The molecular weight excluding hydrogens is 254 g/mol. The molecule has 0 radical (unpaired) electrons. The van der Waals surface area contributed by atoms with E-state index in [1.807, 2.05) is 6.07 Å². The van der Waals surface area contributed by atoms with Crippen molar-refractivity contribution in [3.63, 3.8) is 0 Å². The molecule has 0 aliphatic heterocycles. The number of hydrogen-bond donors (Lipinski definition) is 2. The van der Waals surface area contributed by atoms with E-state index in [0.717, 1.165) is 4.90 Å². The predicted octanol–water partition coefficient (Wildman–Crippen LogP) is 3.88. The van der Waals surface area contributed by atoms with E-state index in [0.29, 0.717) is 16.3 Å². The van der Waals surface area contributed by atoms with Gasteiger partial charge in [-0.05, 0) is 36.4 Å². The predicted molar refractivity (Wildman–Crippen MR) is 73.1 cm³/mol. The van der Waals surface area contributed by atoms with Crippen LogP contribution >= 0.6 is 24.2 Å². The molecular formula is C13H10ClNOS. The molecule has 0 heterocycles. The van der Waals surface area contributed by atoms with Gasteiger partial charge in [-0.25, -0.2) is 0 Å². The second-order valence-electron chi connectivity index (χ2n) is 3.51. The zero-order valence-corrected chi connectivity index (χ0v) is 10.5. The molecule has 0 aliphatic carbocycles. The van der Waals surface area contributed by atoms with Gasteiger partial charge in [0, 0.05) is 21.2 Å². The van der Waals surface area contributed by atoms with Crippen LogP contribution in [-0.4, -0.2) is 5.91 Å². The van der Waals surface area contributed by atoms with E-state index in [4.69, 9.17) is 11.6 Å². The Morgan fingerprint density at radius 3 is 2.59 bits per heavy atom. The second kappa shape index (κ2) is 5.25. The molecule has 2 aromatic carbocycles. The first-order chi connectivity index (χ1) is 8.15. The number of benzene rings is 2. The van der Waals surface area contributed by atoms with Gasteiger partial charge < -0.3 is 5.32 Å². The molecule has 2 rings (SSSR count). The smallest absolute Gasteiger partial charge is 0.255 e. The topological polar surface area (TPSA) is 29.1 Å². The van der Waals surface area contributed by atoms with Gasteiger partial charge in [-0.15, -0.1) is 12.6 Å². The van der Waals surface area contributed by atoms with E-state index >= 15 is 0 Å². The Labute approximate surface area is 110 Å². The van der Waals surface area contributed by atoms with Crippen LogP contribution in [0.3, 0.4) is 0 Å². The van der Waals surface area contributed by atoms with Crippen LogP contribution in [0.4, 0.5) is 5.69 Å². The van der Waals surface area contributed by atoms with E-state index in [1.165, 1.54) is 0 Å². The van der Waals surface area contributed by atoms with Gasteiger partial charge in [0.25, 0.3) is 5.91 Å². The summed E-state index contributed by atoms with van der Waals surface area (Å²) < 4.78 is 0. The Bertz CT molecular complexity index is 557. The van der Waals surface area contributed by atoms with Gasteiger partial charge in [-0.1, -0.05) is 23.7 Å². The number of halogens is 1. The Balaban J connectivity index is 2.17. The van der Waals surface area contributed by atoms with Crippen LogP contribution in [-0.2, 0) is 0 Å². The number of anilines is 1. The van der Waals surface area contributed by atoms with Crippen LogP contribution in [0.1, 0.15) is 10.4 Å². The first-order valence-electron chi connectivity index (χ1n) is 5.01. The van der Waals surface area contributed by atoms with Crippen LogP contribution in [0, 0.1) is 0 Å². The highest BCUT2D eigenvalue weighted by atomic mass is 35.5. The monoisotopic (exact) mass is 263 g/mol. The van der Waals surface area contributed by atoms with Gasteiger partial charge in [0.2, 0.25) is 0 Å². The molecule has 17 heavy (non-hydrogen) atoms. The quantitative estimate of drug-likeness (QED) is 0.791. The summed E-state index contributed by atoms with van der Waals surface area (Å²) in [5.41, 5.74) is 1.24. The van der Waals surface area contributed by atoms with Crippen LogP contribution in [0.25, 0.3) is 0 Å². The molecule has 1 amide bonds. The van der Waals surface area contributed by atoms with Gasteiger partial charge in [0.05, 0.1) is 0 Å². The second-order valence-corrected chi connectivity index (χ2v) is 4.47. The Hall–Kier alpha value is -1.45. The highest BCUT2D eigenvalue weighted by Gasteiger charge is 2.05. The van der Waals surface area contributed by atoms with Crippen molar-refractivity contribution in [1.82, 2.24) is 0 Å². The number of thiol groups is 1. The lowest BCUT2D eigenvalue weighted by atomic mass is 10.2. The minimum Gasteiger partial charge on any atom is -0.322 e. The molecule has 0 fully saturated rings. The molecule has 2 nitrogen and oxygen atoms in total. The van der Waals surface area contributed by atoms with Gasteiger partial charge in [0.15, 0.2) is 0 Å². The van der Waals surface area contributed by atoms with E-state index in [1.54, 1.807) is 42.5 Å². The first-order valence-corrected chi connectivity index (χ1v) is 5.83. The van der Waals surface area contributed by atoms with Gasteiger partial charge in [-0.3, -0.25) is 4.79 Å². The molecule has 2 aromatic rings. The molecule has 0 aliphatic rings. The summed E-state index contributed by atoms with van der Waals surface area (Å²) in [5.74, 6) is -0.178. The molecule has 0 saturated heterocycles. The van der Waals surface area contributed by atoms with Crippen LogP contribution < -0.4 is 5.32 Å². The lowest BCUT2D eigenvalue weighted by Gasteiger charge is -2.05. The summed E-state index contributed by atoms with van der Waals surface area (Å²) in [5, 5.41) is 3.36. The fourth-order valence-electron chi connectivity index (χ4n) is 1.42. The molecule has 1 N–H and O–H groups in total. The highest BCUT2D eigenvalue weighted by Crippen LogP contribution is 2.16. The van der Waals surface area contributed by atoms with Crippen molar-refractivity contribution in [2.24, 2.45) is 0 Å². The minimum absolute atomic E-state index is 0.178. The first kappa shape index (κ1) is 12.0. The number of hydrogen-bond acceptors (Lipinski definition) is 2. The SMILES string of the molecule is O=C(Nc1cccc(Cl)c1)c1cccc(S)c1. The lowest BCUT2D eigenvalue weighted by molar-refractivity contribution is 0.102.